The number of methoxy groups -OCH3 is 2. The average molecular weight is 258 g/mol. The molecule has 0 saturated heterocycles. The summed E-state index contributed by atoms with van der Waals surface area (Å²) in [4.78, 5) is 12.4. The minimum absolute atomic E-state index is 0.0250. The summed E-state index contributed by atoms with van der Waals surface area (Å²) in [5.41, 5.74) is -0.112. The first-order valence-electron chi connectivity index (χ1n) is 6.17. The molecule has 3 nitrogen and oxygen atoms in total. The van der Waals surface area contributed by atoms with Gasteiger partial charge in [-0.1, -0.05) is 48.6 Å². The second-order valence-corrected chi connectivity index (χ2v) is 4.52. The fourth-order valence-electron chi connectivity index (χ4n) is 2.74. The molecular formula is C16H18O3. The van der Waals surface area contributed by atoms with E-state index in [2.05, 4.69) is 0 Å². The Bertz CT molecular complexity index is 512. The highest BCUT2D eigenvalue weighted by molar-refractivity contribution is 5.92. The summed E-state index contributed by atoms with van der Waals surface area (Å²) in [6.07, 6.45) is 7.31. The van der Waals surface area contributed by atoms with Crippen LogP contribution in [0.3, 0.4) is 0 Å². The maximum absolute atomic E-state index is 12.4. The standard InChI is InChI=1S/C16H18O3/c1-13(17)15(14-9-5-4-6-10-14)11-7-8-12-16(15,18-2)19-3/h4-12H,1-3H3. The van der Waals surface area contributed by atoms with E-state index in [1.165, 1.54) is 0 Å². The average Bonchev–Trinajstić information content (AvgIpc) is 2.47. The van der Waals surface area contributed by atoms with E-state index in [4.69, 9.17) is 9.47 Å². The quantitative estimate of drug-likeness (QED) is 0.779. The number of Topliss-reactive ketones (excluding diaryl/α,β-unsaturated/α-hetero) is 1. The number of rotatable bonds is 4. The highest BCUT2D eigenvalue weighted by Crippen LogP contribution is 2.43. The van der Waals surface area contributed by atoms with Gasteiger partial charge in [0.25, 0.3) is 0 Å². The van der Waals surface area contributed by atoms with Crippen LogP contribution in [0, 0.1) is 0 Å². The second kappa shape index (κ2) is 5.11. The van der Waals surface area contributed by atoms with Gasteiger partial charge >= 0.3 is 0 Å². The topological polar surface area (TPSA) is 35.5 Å². The van der Waals surface area contributed by atoms with Crippen molar-refractivity contribution in [3.8, 4) is 0 Å². The molecule has 1 aliphatic rings. The van der Waals surface area contributed by atoms with Crippen LogP contribution in [-0.2, 0) is 19.7 Å². The molecule has 0 aromatic heterocycles. The van der Waals surface area contributed by atoms with E-state index in [-0.39, 0.29) is 5.78 Å². The van der Waals surface area contributed by atoms with Crippen LogP contribution in [0.5, 0.6) is 0 Å². The molecule has 1 aromatic rings. The van der Waals surface area contributed by atoms with E-state index in [1.807, 2.05) is 48.6 Å². The van der Waals surface area contributed by atoms with Crippen LogP contribution >= 0.6 is 0 Å². The monoisotopic (exact) mass is 258 g/mol. The highest BCUT2D eigenvalue weighted by atomic mass is 16.7. The van der Waals surface area contributed by atoms with E-state index >= 15 is 0 Å². The van der Waals surface area contributed by atoms with Gasteiger partial charge in [-0.05, 0) is 18.6 Å². The molecule has 2 rings (SSSR count). The SMILES string of the molecule is COC1(OC)C=CC=CC1(C(C)=O)c1ccccc1. The Labute approximate surface area is 113 Å². The molecule has 1 aliphatic carbocycles. The van der Waals surface area contributed by atoms with Gasteiger partial charge in [0.15, 0.2) is 0 Å². The van der Waals surface area contributed by atoms with Crippen molar-refractivity contribution in [2.24, 2.45) is 0 Å². The van der Waals surface area contributed by atoms with Crippen LogP contribution < -0.4 is 0 Å². The van der Waals surface area contributed by atoms with Crippen LogP contribution in [0.4, 0.5) is 0 Å². The lowest BCUT2D eigenvalue weighted by Crippen LogP contribution is -2.57. The smallest absolute Gasteiger partial charge is 0.208 e. The van der Waals surface area contributed by atoms with Crippen LogP contribution in [0.2, 0.25) is 0 Å². The molecule has 0 saturated carbocycles. The Hall–Kier alpha value is -1.71. The van der Waals surface area contributed by atoms with Gasteiger partial charge in [-0.2, -0.15) is 0 Å². The number of hydrogen-bond donors (Lipinski definition) is 0. The number of carbonyl (C=O) groups is 1. The van der Waals surface area contributed by atoms with Crippen molar-refractivity contribution in [3.05, 3.63) is 60.2 Å². The van der Waals surface area contributed by atoms with Crippen molar-refractivity contribution in [3.63, 3.8) is 0 Å². The van der Waals surface area contributed by atoms with Crippen molar-refractivity contribution >= 4 is 5.78 Å². The summed E-state index contributed by atoms with van der Waals surface area (Å²) in [6.45, 7) is 1.56. The van der Waals surface area contributed by atoms with E-state index in [9.17, 15) is 4.79 Å². The summed E-state index contributed by atoms with van der Waals surface area (Å²) < 4.78 is 11.2. The first-order valence-corrected chi connectivity index (χ1v) is 6.17. The van der Waals surface area contributed by atoms with Crippen LogP contribution in [0.25, 0.3) is 0 Å². The molecule has 0 aliphatic heterocycles. The molecule has 0 spiro atoms. The molecule has 0 fully saturated rings. The third-order valence-corrected chi connectivity index (χ3v) is 3.71. The Kier molecular flexibility index (Phi) is 3.69. The highest BCUT2D eigenvalue weighted by Gasteiger charge is 2.55. The predicted octanol–water partition coefficient (Wildman–Crippen LogP) is 2.63. The number of carbonyl (C=O) groups excluding carboxylic acids is 1. The van der Waals surface area contributed by atoms with E-state index in [0.29, 0.717) is 0 Å². The maximum atomic E-state index is 12.4. The summed E-state index contributed by atoms with van der Waals surface area (Å²) in [5, 5.41) is 0. The number of ketones is 1. The Morgan fingerprint density at radius 1 is 1.00 bits per heavy atom. The molecule has 0 amide bonds. The van der Waals surface area contributed by atoms with Gasteiger partial charge in [-0.25, -0.2) is 0 Å². The zero-order valence-electron chi connectivity index (χ0n) is 11.4. The third kappa shape index (κ3) is 1.86. The third-order valence-electron chi connectivity index (χ3n) is 3.71. The molecule has 0 heterocycles. The first kappa shape index (κ1) is 13.7. The summed E-state index contributed by atoms with van der Waals surface area (Å²) in [5.74, 6) is -1.14. The second-order valence-electron chi connectivity index (χ2n) is 4.52. The number of allylic oxidation sites excluding steroid dienone is 2. The van der Waals surface area contributed by atoms with E-state index in [1.54, 1.807) is 27.2 Å². The van der Waals surface area contributed by atoms with Gasteiger partial charge < -0.3 is 9.47 Å². The molecule has 0 N–H and O–H groups in total. The molecule has 0 bridgehead atoms. The van der Waals surface area contributed by atoms with Gasteiger partial charge in [-0.3, -0.25) is 4.79 Å². The van der Waals surface area contributed by atoms with E-state index in [0.717, 1.165) is 5.56 Å². The zero-order chi connectivity index (χ0) is 13.9. The molecule has 1 unspecified atom stereocenters. The number of benzene rings is 1. The molecular weight excluding hydrogens is 240 g/mol. The summed E-state index contributed by atoms with van der Waals surface area (Å²) in [6, 6.07) is 9.56. The number of hydrogen-bond acceptors (Lipinski definition) is 3. The first-order chi connectivity index (χ1) is 9.13. The fraction of sp³-hybridized carbons (Fsp3) is 0.312. The van der Waals surface area contributed by atoms with Crippen molar-refractivity contribution in [1.82, 2.24) is 0 Å². The molecule has 1 aromatic carbocycles. The largest absolute Gasteiger partial charge is 0.348 e. The lowest BCUT2D eigenvalue weighted by atomic mass is 9.68. The Balaban J connectivity index is 2.71. The molecule has 100 valence electrons. The predicted molar refractivity (Wildman–Crippen MR) is 73.8 cm³/mol. The Morgan fingerprint density at radius 3 is 2.11 bits per heavy atom. The van der Waals surface area contributed by atoms with Gasteiger partial charge in [0.2, 0.25) is 5.79 Å². The lowest BCUT2D eigenvalue weighted by molar-refractivity contribution is -0.206. The maximum Gasteiger partial charge on any atom is 0.208 e. The van der Waals surface area contributed by atoms with Crippen molar-refractivity contribution in [2.45, 2.75) is 18.1 Å². The Morgan fingerprint density at radius 2 is 1.58 bits per heavy atom. The van der Waals surface area contributed by atoms with Crippen LogP contribution in [0.15, 0.2) is 54.6 Å². The molecule has 19 heavy (non-hydrogen) atoms. The van der Waals surface area contributed by atoms with Gasteiger partial charge in [0.05, 0.1) is 0 Å². The molecule has 0 radical (unpaired) electrons. The van der Waals surface area contributed by atoms with Crippen LogP contribution in [0.1, 0.15) is 12.5 Å². The lowest BCUT2D eigenvalue weighted by Gasteiger charge is -2.45. The van der Waals surface area contributed by atoms with Gasteiger partial charge in [0.1, 0.15) is 11.2 Å². The normalized spacial score (nSPS) is 24.4. The summed E-state index contributed by atoms with van der Waals surface area (Å²) in [7, 11) is 3.10. The molecule has 3 heteroatoms. The summed E-state index contributed by atoms with van der Waals surface area (Å²) >= 11 is 0. The number of ether oxygens (including phenoxy) is 2. The van der Waals surface area contributed by atoms with Crippen LogP contribution in [-0.4, -0.2) is 25.8 Å². The van der Waals surface area contributed by atoms with Gasteiger partial charge in [-0.15, -0.1) is 0 Å². The van der Waals surface area contributed by atoms with Crippen molar-refractivity contribution in [1.29, 1.82) is 0 Å². The van der Waals surface area contributed by atoms with Gasteiger partial charge in [0, 0.05) is 14.2 Å². The van der Waals surface area contributed by atoms with Crippen molar-refractivity contribution in [2.75, 3.05) is 14.2 Å². The minimum atomic E-state index is -1.12. The minimum Gasteiger partial charge on any atom is -0.348 e. The van der Waals surface area contributed by atoms with E-state index < -0.39 is 11.2 Å². The fourth-order valence-corrected chi connectivity index (χ4v) is 2.74. The van der Waals surface area contributed by atoms with Crippen molar-refractivity contribution < 1.29 is 14.3 Å². The zero-order valence-corrected chi connectivity index (χ0v) is 11.4. The molecule has 1 atom stereocenters.